The minimum Gasteiger partial charge on any atom is -0.438 e. The number of halogens is 2. The second-order valence-electron chi connectivity index (χ2n) is 19.5. The van der Waals surface area contributed by atoms with Gasteiger partial charge in [0, 0.05) is 30.9 Å². The van der Waals surface area contributed by atoms with Crippen molar-refractivity contribution in [1.82, 2.24) is 10.2 Å². The van der Waals surface area contributed by atoms with Crippen molar-refractivity contribution < 1.29 is 65.4 Å². The van der Waals surface area contributed by atoms with Crippen LogP contribution in [0.5, 0.6) is 0 Å². The van der Waals surface area contributed by atoms with Gasteiger partial charge < -0.3 is 30.2 Å². The number of allylic oxidation sites excluding steroid dienone is 2. The molecule has 6 atom stereocenters. The zero-order valence-corrected chi connectivity index (χ0v) is 41.0. The summed E-state index contributed by atoms with van der Waals surface area (Å²) in [4.78, 5) is 80.0. The summed E-state index contributed by atoms with van der Waals surface area (Å²) < 4.78 is 71.8. The monoisotopic (exact) mass is 959 g/mol. The summed E-state index contributed by atoms with van der Waals surface area (Å²) >= 11 is 0. The van der Waals surface area contributed by atoms with Gasteiger partial charge in [0.25, 0.3) is 0 Å². The number of hydrogen-bond acceptors (Lipinski definition) is 12. The fourth-order valence-electron chi connectivity index (χ4n) is 7.58. The van der Waals surface area contributed by atoms with E-state index in [9.17, 15) is 33.3 Å². The number of fused-ring (bicyclic) bond motifs is 1. The molecule has 0 aromatic heterocycles. The van der Waals surface area contributed by atoms with Gasteiger partial charge in [0.2, 0.25) is 31.3 Å². The van der Waals surface area contributed by atoms with Crippen molar-refractivity contribution in [3.8, 4) is 0 Å². The zero-order valence-electron chi connectivity index (χ0n) is 40.1. The minimum atomic E-state index is -5.55. The Labute approximate surface area is 392 Å². The Balaban J connectivity index is 1.47. The van der Waals surface area contributed by atoms with E-state index in [0.717, 1.165) is 30.5 Å². The van der Waals surface area contributed by atoms with Crippen LogP contribution in [0.1, 0.15) is 124 Å². The van der Waals surface area contributed by atoms with Crippen LogP contribution in [0.4, 0.5) is 8.78 Å². The number of carbonyl (C=O) groups is 6. The standard InChI is InChI=1S/C49H68F2N3O12P/c1-10-11-17-35(44(58)54-27-36-26-39(36)42(54)43(57)53-40(22-23-41(52)56)32(3)62-28-33-15-13-12-14-16-33)25-38(55)24-31(2)34-18-20-37(21-19-34)49(50,51)67(61,65-29-63-45(59)47(4,5)6)66-30-64-46(60)48(7,8)9/h12-16,18-21,24,32,35-36,39-40,42H,10-11,17,22-23,25-30H2,1-9H3,(H2,52,56)(H,53,57)/b31-24+/t32-,35-,36+,39?,40+,42-/m1/s1. The average molecular weight is 960 g/mol. The molecule has 15 nitrogen and oxygen atoms in total. The molecule has 2 aliphatic rings. The Morgan fingerprint density at radius 3 is 2.01 bits per heavy atom. The van der Waals surface area contributed by atoms with Crippen LogP contribution in [-0.4, -0.2) is 78.7 Å². The number of ketones is 1. The number of nitrogens with one attached hydrogen (secondary N) is 1. The van der Waals surface area contributed by atoms with Gasteiger partial charge in [0.15, 0.2) is 5.78 Å². The Morgan fingerprint density at radius 1 is 0.896 bits per heavy atom. The zero-order chi connectivity index (χ0) is 49.9. The number of piperidine rings is 1. The topological polar surface area (TPSA) is 207 Å². The van der Waals surface area contributed by atoms with Crippen molar-refractivity contribution in [3.63, 3.8) is 0 Å². The summed E-state index contributed by atoms with van der Waals surface area (Å²) in [5.74, 6) is -3.81. The number of ether oxygens (including phenoxy) is 3. The Hall–Kier alpha value is -4.83. The molecule has 2 aromatic carbocycles. The number of rotatable bonds is 25. The summed E-state index contributed by atoms with van der Waals surface area (Å²) in [6.45, 7) is 12.9. The molecule has 0 radical (unpaired) electrons. The largest absolute Gasteiger partial charge is 0.438 e. The molecule has 4 rings (SSSR count). The van der Waals surface area contributed by atoms with Gasteiger partial charge in [0.1, 0.15) is 6.04 Å². The highest BCUT2D eigenvalue weighted by molar-refractivity contribution is 7.54. The molecule has 18 heteroatoms. The molecule has 1 aliphatic carbocycles. The fourth-order valence-corrected chi connectivity index (χ4v) is 8.83. The smallest absolute Gasteiger partial charge is 0.410 e. The Kier molecular flexibility index (Phi) is 19.2. The molecule has 370 valence electrons. The van der Waals surface area contributed by atoms with Crippen molar-refractivity contribution >= 4 is 48.6 Å². The highest BCUT2D eigenvalue weighted by Gasteiger charge is 2.58. The molecule has 2 fully saturated rings. The van der Waals surface area contributed by atoms with Gasteiger partial charge in [0.05, 0.1) is 29.6 Å². The Bertz CT molecular complexity index is 2100. The number of amides is 3. The van der Waals surface area contributed by atoms with E-state index in [1.807, 2.05) is 44.2 Å². The first-order valence-corrected chi connectivity index (χ1v) is 24.3. The third kappa shape index (κ3) is 15.3. The summed E-state index contributed by atoms with van der Waals surface area (Å²) in [6.07, 6.45) is 3.55. The SMILES string of the molecule is CCCC[C@H](CC(=O)/C=C(\C)c1ccc(C(F)(F)P(=O)(OCOC(=O)C(C)(C)C)OCOC(=O)C(C)(C)C)cc1)C(=O)N1C[C@@H]2CC2[C@@H]1C(=O)N[C@@H](CCC(N)=O)[C@@H](C)OCc1ccccc1. The maximum atomic E-state index is 16.1. The molecule has 1 unspecified atom stereocenters. The lowest BCUT2D eigenvalue weighted by molar-refractivity contribution is -0.163. The van der Waals surface area contributed by atoms with E-state index >= 15 is 8.78 Å². The van der Waals surface area contributed by atoms with Gasteiger partial charge in [-0.15, -0.1) is 0 Å². The van der Waals surface area contributed by atoms with E-state index in [1.165, 1.54) is 59.8 Å². The number of benzene rings is 2. The van der Waals surface area contributed by atoms with Crippen molar-refractivity contribution in [2.45, 2.75) is 138 Å². The van der Waals surface area contributed by atoms with Crippen molar-refractivity contribution in [2.75, 3.05) is 20.1 Å². The second kappa shape index (κ2) is 23.5. The first-order chi connectivity index (χ1) is 31.3. The summed E-state index contributed by atoms with van der Waals surface area (Å²) in [5.41, 5.74) is -0.0143. The van der Waals surface area contributed by atoms with E-state index in [2.05, 4.69) is 5.32 Å². The summed E-state index contributed by atoms with van der Waals surface area (Å²) in [6, 6.07) is 12.7. The van der Waals surface area contributed by atoms with Gasteiger partial charge in [-0.1, -0.05) is 74.4 Å². The van der Waals surface area contributed by atoms with Gasteiger partial charge in [-0.05, 0) is 109 Å². The van der Waals surface area contributed by atoms with Crippen LogP contribution in [0.3, 0.4) is 0 Å². The quantitative estimate of drug-likeness (QED) is 0.0416. The number of alkyl halides is 2. The van der Waals surface area contributed by atoms with E-state index in [1.54, 1.807) is 11.8 Å². The third-order valence-corrected chi connectivity index (χ3v) is 13.7. The maximum absolute atomic E-state index is 16.1. The van der Waals surface area contributed by atoms with Gasteiger partial charge in [-0.2, -0.15) is 8.78 Å². The highest BCUT2D eigenvalue weighted by atomic mass is 31.2. The molecule has 1 saturated carbocycles. The molecule has 3 N–H and O–H groups in total. The normalized spacial score (nSPS) is 18.9. The molecule has 67 heavy (non-hydrogen) atoms. The molecule has 1 heterocycles. The lowest BCUT2D eigenvalue weighted by Gasteiger charge is -2.32. The lowest BCUT2D eigenvalue weighted by atomic mass is 9.92. The molecule has 3 amide bonds. The third-order valence-electron chi connectivity index (χ3n) is 11.8. The second-order valence-corrected chi connectivity index (χ2v) is 21.6. The summed E-state index contributed by atoms with van der Waals surface area (Å²) in [5, 5.41) is 3.06. The van der Waals surface area contributed by atoms with Crippen LogP contribution in [0, 0.1) is 28.6 Å². The van der Waals surface area contributed by atoms with Gasteiger partial charge in [-0.3, -0.25) is 42.4 Å². The van der Waals surface area contributed by atoms with E-state index in [4.69, 9.17) is 29.0 Å². The highest BCUT2D eigenvalue weighted by Crippen LogP contribution is 2.67. The van der Waals surface area contributed by atoms with Gasteiger partial charge in [-0.25, -0.2) is 0 Å². The minimum absolute atomic E-state index is 0.0237. The molecule has 1 aliphatic heterocycles. The van der Waals surface area contributed by atoms with E-state index < -0.39 is 85.2 Å². The molecular formula is C49H68F2N3O12P. The van der Waals surface area contributed by atoms with Crippen molar-refractivity contribution in [3.05, 3.63) is 77.4 Å². The van der Waals surface area contributed by atoms with Crippen LogP contribution < -0.4 is 11.1 Å². The van der Waals surface area contributed by atoms with Crippen LogP contribution in [0.25, 0.3) is 5.57 Å². The number of nitrogens with zero attached hydrogens (tertiary/aromatic N) is 1. The maximum Gasteiger partial charge on any atom is 0.410 e. The molecule has 0 bridgehead atoms. The molecule has 1 saturated heterocycles. The molecule has 2 aromatic rings. The molecular weight excluding hydrogens is 892 g/mol. The summed E-state index contributed by atoms with van der Waals surface area (Å²) in [7, 11) is -5.55. The van der Waals surface area contributed by atoms with Gasteiger partial charge >= 0.3 is 25.2 Å². The lowest BCUT2D eigenvalue weighted by Crippen LogP contribution is -2.54. The fraction of sp³-hybridized carbons (Fsp3) is 0.592. The number of carbonyl (C=O) groups excluding carboxylic acids is 6. The first kappa shape index (κ1) is 54.8. The van der Waals surface area contributed by atoms with E-state index in [-0.39, 0.29) is 48.7 Å². The van der Waals surface area contributed by atoms with Crippen LogP contribution >= 0.6 is 7.60 Å². The number of hydrogen-bond donors (Lipinski definition) is 2. The van der Waals surface area contributed by atoms with Crippen molar-refractivity contribution in [2.24, 2.45) is 34.3 Å². The van der Waals surface area contributed by atoms with Crippen molar-refractivity contribution in [1.29, 1.82) is 0 Å². The number of likely N-dealkylation sites (tertiary alicyclic amines) is 1. The molecule has 0 spiro atoms. The number of esters is 2. The van der Waals surface area contributed by atoms with E-state index in [0.29, 0.717) is 37.1 Å². The van der Waals surface area contributed by atoms with Crippen LogP contribution in [0.2, 0.25) is 0 Å². The predicted molar refractivity (Wildman–Crippen MR) is 245 cm³/mol. The van der Waals surface area contributed by atoms with Crippen LogP contribution in [0.15, 0.2) is 60.7 Å². The number of nitrogens with two attached hydrogens (primary N) is 1. The number of unbranched alkanes of at least 4 members (excludes halogenated alkanes) is 1. The average Bonchev–Trinajstić information content (AvgIpc) is 3.92. The van der Waals surface area contributed by atoms with Crippen LogP contribution in [-0.2, 0) is 68.9 Å². The Morgan fingerprint density at radius 2 is 1.48 bits per heavy atom. The predicted octanol–water partition coefficient (Wildman–Crippen LogP) is 8.43. The number of primary amides is 1. The first-order valence-electron chi connectivity index (χ1n) is 22.8.